The van der Waals surface area contributed by atoms with E-state index >= 15 is 0 Å². The van der Waals surface area contributed by atoms with E-state index in [0.29, 0.717) is 32.4 Å². The van der Waals surface area contributed by atoms with E-state index in [1.165, 1.54) is 17.0 Å². The average molecular weight is 350 g/mol. The fourth-order valence-corrected chi connectivity index (χ4v) is 2.80. The maximum atomic E-state index is 12.8. The van der Waals surface area contributed by atoms with Gasteiger partial charge in [-0.2, -0.15) is 0 Å². The highest BCUT2D eigenvalue weighted by Gasteiger charge is 2.31. The number of nitrogens with zero attached hydrogens (tertiary/aromatic N) is 1. The minimum absolute atomic E-state index is 0.211. The van der Waals surface area contributed by atoms with Crippen molar-refractivity contribution in [2.45, 2.75) is 26.2 Å². The summed E-state index contributed by atoms with van der Waals surface area (Å²) in [7, 11) is 0. The number of hydrogen-bond acceptors (Lipinski definition) is 4. The van der Waals surface area contributed by atoms with Crippen LogP contribution in [0.25, 0.3) is 0 Å². The molecule has 1 fully saturated rings. The Bertz CT molecular complexity index is 618. The summed E-state index contributed by atoms with van der Waals surface area (Å²) in [5.41, 5.74) is 0.870. The Morgan fingerprint density at radius 3 is 2.68 bits per heavy atom. The van der Waals surface area contributed by atoms with E-state index in [2.05, 4.69) is 5.32 Å². The number of piperidine rings is 1. The van der Waals surface area contributed by atoms with Crippen molar-refractivity contribution in [2.24, 2.45) is 5.92 Å². The highest BCUT2D eigenvalue weighted by atomic mass is 19.1. The van der Waals surface area contributed by atoms with Crippen LogP contribution < -0.4 is 5.32 Å². The van der Waals surface area contributed by atoms with Crippen molar-refractivity contribution in [2.75, 3.05) is 26.2 Å². The van der Waals surface area contributed by atoms with E-state index in [4.69, 9.17) is 4.74 Å². The van der Waals surface area contributed by atoms with Gasteiger partial charge in [-0.25, -0.2) is 4.39 Å². The van der Waals surface area contributed by atoms with Crippen molar-refractivity contribution in [3.63, 3.8) is 0 Å². The molecule has 2 amide bonds. The number of hydrogen-bond donors (Lipinski definition) is 1. The minimum atomic E-state index is -0.688. The van der Waals surface area contributed by atoms with Crippen molar-refractivity contribution in [3.05, 3.63) is 35.6 Å². The lowest BCUT2D eigenvalue weighted by Gasteiger charge is -2.30. The molecule has 6 nitrogen and oxygen atoms in total. The van der Waals surface area contributed by atoms with Crippen molar-refractivity contribution in [1.82, 2.24) is 10.2 Å². The molecule has 0 saturated carbocycles. The largest absolute Gasteiger partial charge is 0.466 e. The average Bonchev–Trinajstić information content (AvgIpc) is 2.63. The predicted molar refractivity (Wildman–Crippen MR) is 89.1 cm³/mol. The standard InChI is InChI=1S/C18H23FN2O4/c1-2-25-18(24)14-4-3-11-21(12-14)17(23)16(22)20-10-9-13-5-7-15(19)8-6-13/h5-8,14H,2-4,9-12H2,1H3,(H,20,22). The number of benzene rings is 1. The summed E-state index contributed by atoms with van der Waals surface area (Å²) < 4.78 is 17.8. The van der Waals surface area contributed by atoms with Crippen LogP contribution in [-0.4, -0.2) is 48.9 Å². The van der Waals surface area contributed by atoms with E-state index in [1.54, 1.807) is 19.1 Å². The number of carbonyl (C=O) groups excluding carboxylic acids is 3. The first-order valence-corrected chi connectivity index (χ1v) is 8.49. The molecule has 1 N–H and O–H groups in total. The molecule has 1 unspecified atom stereocenters. The van der Waals surface area contributed by atoms with Gasteiger partial charge in [-0.1, -0.05) is 12.1 Å². The van der Waals surface area contributed by atoms with Gasteiger partial charge in [0.25, 0.3) is 0 Å². The first kappa shape index (κ1) is 18.9. The first-order valence-electron chi connectivity index (χ1n) is 8.49. The molecule has 1 atom stereocenters. The van der Waals surface area contributed by atoms with Gasteiger partial charge >= 0.3 is 17.8 Å². The molecule has 1 saturated heterocycles. The highest BCUT2D eigenvalue weighted by Crippen LogP contribution is 2.18. The van der Waals surface area contributed by atoms with E-state index < -0.39 is 11.8 Å². The summed E-state index contributed by atoms with van der Waals surface area (Å²) in [5.74, 6) is -2.33. The highest BCUT2D eigenvalue weighted by molar-refractivity contribution is 6.35. The summed E-state index contributed by atoms with van der Waals surface area (Å²) in [4.78, 5) is 37.4. The zero-order chi connectivity index (χ0) is 18.2. The van der Waals surface area contributed by atoms with Gasteiger partial charge in [0.1, 0.15) is 5.82 Å². The lowest BCUT2D eigenvalue weighted by Crippen LogP contribution is -2.49. The lowest BCUT2D eigenvalue weighted by atomic mass is 9.98. The predicted octanol–water partition coefficient (Wildman–Crippen LogP) is 1.29. The van der Waals surface area contributed by atoms with E-state index in [-0.39, 0.29) is 30.8 Å². The van der Waals surface area contributed by atoms with Crippen LogP contribution in [0.2, 0.25) is 0 Å². The first-order chi connectivity index (χ1) is 12.0. The summed E-state index contributed by atoms with van der Waals surface area (Å²) in [5, 5.41) is 2.57. The fourth-order valence-electron chi connectivity index (χ4n) is 2.80. The molecular formula is C18H23FN2O4. The molecule has 0 aromatic heterocycles. The van der Waals surface area contributed by atoms with Crippen LogP contribution in [-0.2, 0) is 25.5 Å². The van der Waals surface area contributed by atoms with Gasteiger partial charge in [0.15, 0.2) is 0 Å². The van der Waals surface area contributed by atoms with Crippen LogP contribution in [0.1, 0.15) is 25.3 Å². The van der Waals surface area contributed by atoms with Crippen molar-refractivity contribution < 1.29 is 23.5 Å². The van der Waals surface area contributed by atoms with Crippen LogP contribution in [0.5, 0.6) is 0 Å². The number of likely N-dealkylation sites (tertiary alicyclic amines) is 1. The third-order valence-corrected chi connectivity index (χ3v) is 4.14. The molecule has 1 aliphatic heterocycles. The molecule has 25 heavy (non-hydrogen) atoms. The number of rotatable bonds is 5. The molecule has 1 heterocycles. The summed E-state index contributed by atoms with van der Waals surface area (Å²) in [6, 6.07) is 5.98. The van der Waals surface area contributed by atoms with Crippen LogP contribution in [0.15, 0.2) is 24.3 Å². The molecule has 7 heteroatoms. The molecule has 0 bridgehead atoms. The SMILES string of the molecule is CCOC(=O)C1CCCN(C(=O)C(=O)NCCc2ccc(F)cc2)C1. The lowest BCUT2D eigenvalue weighted by molar-refractivity contribution is -0.154. The molecule has 2 rings (SSSR count). The van der Waals surface area contributed by atoms with Gasteiger partial charge in [0.2, 0.25) is 0 Å². The molecule has 1 aliphatic rings. The monoisotopic (exact) mass is 350 g/mol. The number of esters is 1. The Balaban J connectivity index is 1.79. The summed E-state index contributed by atoms with van der Waals surface area (Å²) in [6.07, 6.45) is 1.83. The number of ether oxygens (including phenoxy) is 1. The van der Waals surface area contributed by atoms with Crippen molar-refractivity contribution >= 4 is 17.8 Å². The Labute approximate surface area is 146 Å². The number of halogens is 1. The smallest absolute Gasteiger partial charge is 0.311 e. The van der Waals surface area contributed by atoms with Crippen LogP contribution >= 0.6 is 0 Å². The second-order valence-electron chi connectivity index (χ2n) is 5.97. The molecule has 1 aromatic carbocycles. The minimum Gasteiger partial charge on any atom is -0.466 e. The second-order valence-corrected chi connectivity index (χ2v) is 5.97. The topological polar surface area (TPSA) is 75.7 Å². The maximum Gasteiger partial charge on any atom is 0.311 e. The number of amides is 2. The van der Waals surface area contributed by atoms with Gasteiger partial charge in [0, 0.05) is 19.6 Å². The van der Waals surface area contributed by atoms with Gasteiger partial charge in [-0.15, -0.1) is 0 Å². The van der Waals surface area contributed by atoms with E-state index in [9.17, 15) is 18.8 Å². The molecule has 0 aliphatic carbocycles. The quantitative estimate of drug-likeness (QED) is 0.641. The third-order valence-electron chi connectivity index (χ3n) is 4.14. The Morgan fingerprint density at radius 1 is 1.28 bits per heavy atom. The molecular weight excluding hydrogens is 327 g/mol. The molecule has 0 radical (unpaired) electrons. The zero-order valence-electron chi connectivity index (χ0n) is 14.3. The molecule has 1 aromatic rings. The Morgan fingerprint density at radius 2 is 2.00 bits per heavy atom. The van der Waals surface area contributed by atoms with Crippen LogP contribution in [0.3, 0.4) is 0 Å². The normalized spacial score (nSPS) is 17.0. The second kappa shape index (κ2) is 9.15. The summed E-state index contributed by atoms with van der Waals surface area (Å²) in [6.45, 7) is 2.99. The zero-order valence-corrected chi connectivity index (χ0v) is 14.3. The molecule has 0 spiro atoms. The van der Waals surface area contributed by atoms with Gasteiger partial charge in [0.05, 0.1) is 12.5 Å². The fraction of sp³-hybridized carbons (Fsp3) is 0.500. The van der Waals surface area contributed by atoms with Crippen molar-refractivity contribution in [1.29, 1.82) is 0 Å². The Kier molecular flexibility index (Phi) is 6.91. The van der Waals surface area contributed by atoms with E-state index in [0.717, 1.165) is 5.56 Å². The third kappa shape index (κ3) is 5.55. The van der Waals surface area contributed by atoms with Crippen LogP contribution in [0, 0.1) is 11.7 Å². The van der Waals surface area contributed by atoms with Gasteiger partial charge < -0.3 is 15.0 Å². The van der Waals surface area contributed by atoms with Crippen LogP contribution in [0.4, 0.5) is 4.39 Å². The number of carbonyl (C=O) groups is 3. The van der Waals surface area contributed by atoms with Crippen molar-refractivity contribution in [3.8, 4) is 0 Å². The maximum absolute atomic E-state index is 12.8. The van der Waals surface area contributed by atoms with Gasteiger partial charge in [-0.3, -0.25) is 14.4 Å². The summed E-state index contributed by atoms with van der Waals surface area (Å²) >= 11 is 0. The van der Waals surface area contributed by atoms with Gasteiger partial charge in [-0.05, 0) is 43.9 Å². The van der Waals surface area contributed by atoms with E-state index in [1.807, 2.05) is 0 Å². The Hall–Kier alpha value is -2.44. The number of nitrogens with one attached hydrogen (secondary N) is 1. The molecule has 136 valence electrons.